The van der Waals surface area contributed by atoms with Crippen LogP contribution in [0.25, 0.3) is 11.1 Å². The first-order valence-electron chi connectivity index (χ1n) is 10.1. The van der Waals surface area contributed by atoms with Gasteiger partial charge in [0.2, 0.25) is 5.91 Å². The molecule has 1 amide bonds. The molecule has 1 aromatic heterocycles. The van der Waals surface area contributed by atoms with E-state index in [0.29, 0.717) is 0 Å². The Kier molecular flexibility index (Phi) is 5.30. The molecule has 0 bridgehead atoms. The molecule has 29 heavy (non-hydrogen) atoms. The molecule has 3 heteroatoms. The van der Waals surface area contributed by atoms with E-state index in [1.807, 2.05) is 54.4 Å². The van der Waals surface area contributed by atoms with Crippen LogP contribution in [0.1, 0.15) is 49.2 Å². The quantitative estimate of drug-likeness (QED) is 0.518. The largest absolute Gasteiger partial charge is 0.325 e. The molecule has 0 fully saturated rings. The number of carbonyl (C=O) groups is 1. The normalized spacial score (nSPS) is 19.0. The molecule has 1 aliphatic heterocycles. The molecule has 0 aliphatic carbocycles. The molecule has 2 aromatic carbocycles. The first-order chi connectivity index (χ1) is 14.1. The number of rotatable bonds is 3. The molecule has 4 rings (SSSR count). The van der Waals surface area contributed by atoms with Gasteiger partial charge in [0.1, 0.15) is 0 Å². The summed E-state index contributed by atoms with van der Waals surface area (Å²) in [7, 11) is 0. The third-order valence-electron chi connectivity index (χ3n) is 5.76. The number of aromatic nitrogens is 1. The summed E-state index contributed by atoms with van der Waals surface area (Å²) in [5.41, 5.74) is 6.70. The van der Waals surface area contributed by atoms with Crippen LogP contribution >= 0.6 is 0 Å². The van der Waals surface area contributed by atoms with Crippen molar-refractivity contribution in [2.45, 2.75) is 39.3 Å². The summed E-state index contributed by atoms with van der Waals surface area (Å²) in [6.07, 6.45) is 5.00. The van der Waals surface area contributed by atoms with Gasteiger partial charge in [0.05, 0.1) is 12.1 Å². The van der Waals surface area contributed by atoms with Crippen molar-refractivity contribution in [2.24, 2.45) is 0 Å². The second-order valence-corrected chi connectivity index (χ2v) is 7.71. The van der Waals surface area contributed by atoms with E-state index in [-0.39, 0.29) is 18.0 Å². The molecule has 0 saturated heterocycles. The molecule has 3 nitrogen and oxygen atoms in total. The third-order valence-corrected chi connectivity index (χ3v) is 5.76. The van der Waals surface area contributed by atoms with Crippen LogP contribution in [-0.2, 0) is 4.79 Å². The van der Waals surface area contributed by atoms with E-state index in [0.717, 1.165) is 34.4 Å². The zero-order valence-corrected chi connectivity index (χ0v) is 17.2. The molecule has 0 spiro atoms. The van der Waals surface area contributed by atoms with Crippen molar-refractivity contribution in [2.75, 3.05) is 0 Å². The number of amides is 1. The molecular weight excluding hydrogens is 356 g/mol. The van der Waals surface area contributed by atoms with Gasteiger partial charge in [0.25, 0.3) is 0 Å². The van der Waals surface area contributed by atoms with Crippen molar-refractivity contribution in [1.29, 1.82) is 0 Å². The number of carbonyl (C=O) groups excluding carboxylic acids is 1. The van der Waals surface area contributed by atoms with Crippen molar-refractivity contribution < 1.29 is 4.79 Å². The van der Waals surface area contributed by atoms with Gasteiger partial charge in [-0.2, -0.15) is 0 Å². The van der Waals surface area contributed by atoms with E-state index in [4.69, 9.17) is 0 Å². The predicted molar refractivity (Wildman–Crippen MR) is 117 cm³/mol. The minimum absolute atomic E-state index is 0.0306. The summed E-state index contributed by atoms with van der Waals surface area (Å²) in [5.74, 6) is 0.0816. The average molecular weight is 383 g/mol. The van der Waals surface area contributed by atoms with Gasteiger partial charge in [0, 0.05) is 24.4 Å². The lowest BCUT2D eigenvalue weighted by molar-refractivity contribution is -0.133. The number of nitrogens with zero attached hydrogens (tertiary/aromatic N) is 2. The minimum Gasteiger partial charge on any atom is -0.325 e. The van der Waals surface area contributed by atoms with Gasteiger partial charge in [0.15, 0.2) is 0 Å². The summed E-state index contributed by atoms with van der Waals surface area (Å²) in [5, 5.41) is 0. The first kappa shape index (κ1) is 19.1. The monoisotopic (exact) mass is 382 g/mol. The minimum atomic E-state index is -0.0473. The molecule has 0 N–H and O–H groups in total. The topological polar surface area (TPSA) is 33.2 Å². The van der Waals surface area contributed by atoms with Crippen LogP contribution in [0.3, 0.4) is 0 Å². The Balaban J connectivity index is 1.79. The first-order valence-corrected chi connectivity index (χ1v) is 10.1. The fraction of sp³-hybridized carbons (Fsp3) is 0.231. The zero-order valence-electron chi connectivity index (χ0n) is 17.2. The van der Waals surface area contributed by atoms with Crippen LogP contribution in [0.2, 0.25) is 0 Å². The van der Waals surface area contributed by atoms with Crippen molar-refractivity contribution in [3.8, 4) is 11.1 Å². The highest BCUT2D eigenvalue weighted by Gasteiger charge is 2.34. The average Bonchev–Trinajstić information content (AvgIpc) is 2.75. The lowest BCUT2D eigenvalue weighted by atomic mass is 9.87. The van der Waals surface area contributed by atoms with Crippen LogP contribution < -0.4 is 0 Å². The summed E-state index contributed by atoms with van der Waals surface area (Å²) >= 11 is 0. The number of benzene rings is 2. The SMILES string of the molecule is CC(=O)N1[C@@H](c2cnc(C)c(-c3ccccc3)c2)CC=C(C)[C@@H]1c1ccccc1. The van der Waals surface area contributed by atoms with E-state index in [1.165, 1.54) is 5.57 Å². The Bertz CT molecular complexity index is 1040. The summed E-state index contributed by atoms with van der Waals surface area (Å²) < 4.78 is 0. The fourth-order valence-corrected chi connectivity index (χ4v) is 4.32. The van der Waals surface area contributed by atoms with E-state index in [1.54, 1.807) is 6.92 Å². The van der Waals surface area contributed by atoms with Gasteiger partial charge in [-0.3, -0.25) is 9.78 Å². The van der Waals surface area contributed by atoms with Crippen molar-refractivity contribution in [3.63, 3.8) is 0 Å². The highest BCUT2D eigenvalue weighted by molar-refractivity contribution is 5.76. The Morgan fingerprint density at radius 2 is 1.62 bits per heavy atom. The molecule has 1 aliphatic rings. The molecule has 0 unspecified atom stereocenters. The standard InChI is InChI=1S/C26H26N2O/c1-18-14-15-25(28(20(3)29)26(18)22-12-8-5-9-13-22)23-16-24(19(2)27-17-23)21-10-6-4-7-11-21/h4-14,16-17,25-26H,15H2,1-3H3/t25-,26-/m1/s1. The van der Waals surface area contributed by atoms with Gasteiger partial charge in [-0.1, -0.05) is 72.3 Å². The van der Waals surface area contributed by atoms with E-state index in [9.17, 15) is 4.79 Å². The summed E-state index contributed by atoms with van der Waals surface area (Å²) in [6.45, 7) is 5.82. The van der Waals surface area contributed by atoms with Crippen LogP contribution in [0.15, 0.2) is 84.6 Å². The molecule has 2 heterocycles. The van der Waals surface area contributed by atoms with Crippen LogP contribution in [-0.4, -0.2) is 15.8 Å². The van der Waals surface area contributed by atoms with Gasteiger partial charge >= 0.3 is 0 Å². The number of hydrogen-bond donors (Lipinski definition) is 0. The Morgan fingerprint density at radius 1 is 0.966 bits per heavy atom. The maximum atomic E-state index is 12.8. The predicted octanol–water partition coefficient (Wildman–Crippen LogP) is 6.04. The van der Waals surface area contributed by atoms with Gasteiger partial charge in [-0.05, 0) is 43.0 Å². The maximum Gasteiger partial charge on any atom is 0.220 e. The van der Waals surface area contributed by atoms with E-state index >= 15 is 0 Å². The van der Waals surface area contributed by atoms with Crippen molar-refractivity contribution in [3.05, 3.63) is 101 Å². The highest BCUT2D eigenvalue weighted by atomic mass is 16.2. The summed E-state index contributed by atoms with van der Waals surface area (Å²) in [6, 6.07) is 22.7. The number of hydrogen-bond acceptors (Lipinski definition) is 2. The van der Waals surface area contributed by atoms with Crippen LogP contribution in [0.5, 0.6) is 0 Å². The third kappa shape index (κ3) is 3.73. The lowest BCUT2D eigenvalue weighted by Gasteiger charge is -2.42. The van der Waals surface area contributed by atoms with Crippen molar-refractivity contribution >= 4 is 5.91 Å². The second-order valence-electron chi connectivity index (χ2n) is 7.71. The molecule has 0 radical (unpaired) electrons. The molecule has 3 aromatic rings. The number of aryl methyl sites for hydroxylation is 1. The second kappa shape index (κ2) is 8.04. The van der Waals surface area contributed by atoms with Gasteiger partial charge in [-0.15, -0.1) is 0 Å². The fourth-order valence-electron chi connectivity index (χ4n) is 4.32. The van der Waals surface area contributed by atoms with E-state index < -0.39 is 0 Å². The maximum absolute atomic E-state index is 12.8. The van der Waals surface area contributed by atoms with Crippen molar-refractivity contribution in [1.82, 2.24) is 9.88 Å². The van der Waals surface area contributed by atoms with Crippen LogP contribution in [0, 0.1) is 6.92 Å². The van der Waals surface area contributed by atoms with Crippen LogP contribution in [0.4, 0.5) is 0 Å². The Labute approximate surface area is 172 Å². The summed E-state index contributed by atoms with van der Waals surface area (Å²) in [4.78, 5) is 19.5. The Hall–Kier alpha value is -3.20. The van der Waals surface area contributed by atoms with Gasteiger partial charge < -0.3 is 4.90 Å². The molecule has 146 valence electrons. The molecule has 2 atom stereocenters. The molecule has 0 saturated carbocycles. The van der Waals surface area contributed by atoms with E-state index in [2.05, 4.69) is 48.3 Å². The molecular formula is C26H26N2O. The highest BCUT2D eigenvalue weighted by Crippen LogP contribution is 2.42. The van der Waals surface area contributed by atoms with Gasteiger partial charge in [-0.25, -0.2) is 0 Å². The number of pyridine rings is 1. The lowest BCUT2D eigenvalue weighted by Crippen LogP contribution is -2.39. The zero-order chi connectivity index (χ0) is 20.4. The smallest absolute Gasteiger partial charge is 0.220 e. The Morgan fingerprint density at radius 3 is 2.28 bits per heavy atom.